The van der Waals surface area contributed by atoms with E-state index < -0.39 is 51.2 Å². The van der Waals surface area contributed by atoms with E-state index in [1.54, 1.807) is 0 Å². The molecule has 7 nitrogen and oxygen atoms in total. The Morgan fingerprint density at radius 3 is 2.57 bits per heavy atom. The summed E-state index contributed by atoms with van der Waals surface area (Å²) in [6.45, 7) is -0.185. The molecule has 2 heterocycles. The molecular formula is C18H20F4N4O3S. The molecule has 1 aromatic rings. The van der Waals surface area contributed by atoms with E-state index in [1.807, 2.05) is 0 Å². The molecule has 0 aromatic heterocycles. The van der Waals surface area contributed by atoms with Crippen LogP contribution in [0.4, 0.5) is 28.9 Å². The molecule has 30 heavy (non-hydrogen) atoms. The second kappa shape index (κ2) is 7.10. The van der Waals surface area contributed by atoms with Gasteiger partial charge in [0.15, 0.2) is 0 Å². The van der Waals surface area contributed by atoms with Gasteiger partial charge in [0.05, 0.1) is 11.4 Å². The van der Waals surface area contributed by atoms with Gasteiger partial charge in [-0.05, 0) is 37.8 Å². The summed E-state index contributed by atoms with van der Waals surface area (Å²) < 4.78 is 84.8. The lowest BCUT2D eigenvalue weighted by Crippen LogP contribution is -2.53. The van der Waals surface area contributed by atoms with Crippen molar-refractivity contribution in [2.24, 2.45) is 16.2 Å². The van der Waals surface area contributed by atoms with Gasteiger partial charge in [-0.25, -0.2) is 4.39 Å². The average Bonchev–Trinajstić information content (AvgIpc) is 3.51. The van der Waals surface area contributed by atoms with E-state index in [9.17, 15) is 30.8 Å². The molecule has 2 atom stereocenters. The first kappa shape index (κ1) is 20.9. The molecule has 3 aliphatic rings. The lowest BCUT2D eigenvalue weighted by molar-refractivity contribution is -0.157. The average molecular weight is 448 g/mol. The van der Waals surface area contributed by atoms with Crippen molar-refractivity contribution in [3.63, 3.8) is 0 Å². The van der Waals surface area contributed by atoms with Gasteiger partial charge >= 0.3 is 6.18 Å². The van der Waals surface area contributed by atoms with Crippen LogP contribution < -0.4 is 15.5 Å². The molecule has 0 bridgehead atoms. The van der Waals surface area contributed by atoms with E-state index in [0.717, 1.165) is 29.9 Å². The number of piperidine rings is 1. The second-order valence-corrected chi connectivity index (χ2v) is 9.31. The van der Waals surface area contributed by atoms with Crippen LogP contribution in [-0.4, -0.2) is 46.0 Å². The number of nitrogens with zero attached hydrogens (tertiary/aromatic N) is 2. The Labute approximate surface area is 170 Å². The number of carbonyl (C=O) groups excluding carboxylic acids is 1. The molecular weight excluding hydrogens is 428 g/mol. The van der Waals surface area contributed by atoms with Crippen molar-refractivity contribution in [1.82, 2.24) is 5.32 Å². The fourth-order valence-corrected chi connectivity index (χ4v) is 5.22. The number of amides is 1. The van der Waals surface area contributed by atoms with E-state index >= 15 is 0 Å². The molecule has 12 heteroatoms. The summed E-state index contributed by atoms with van der Waals surface area (Å²) in [5, 5.41) is 5.20. The van der Waals surface area contributed by atoms with Gasteiger partial charge in [-0.1, -0.05) is 0 Å². The first-order chi connectivity index (χ1) is 14.0. The smallest absolute Gasteiger partial charge is 0.359 e. The molecule has 1 amide bonds. The number of amidine groups is 1. The van der Waals surface area contributed by atoms with Gasteiger partial charge in [-0.3, -0.25) is 4.79 Å². The van der Waals surface area contributed by atoms with Crippen molar-refractivity contribution in [2.75, 3.05) is 23.8 Å². The number of hydrogen-bond acceptors (Lipinski definition) is 5. The van der Waals surface area contributed by atoms with Crippen LogP contribution in [0.3, 0.4) is 0 Å². The normalized spacial score (nSPS) is 25.8. The Morgan fingerprint density at radius 1 is 1.27 bits per heavy atom. The Bertz CT molecular complexity index is 1020. The van der Waals surface area contributed by atoms with Gasteiger partial charge < -0.3 is 15.5 Å². The molecule has 164 valence electrons. The highest BCUT2D eigenvalue weighted by molar-refractivity contribution is 7.90. The van der Waals surface area contributed by atoms with Gasteiger partial charge in [0.25, 0.3) is 10.0 Å². The third-order valence-corrected chi connectivity index (χ3v) is 6.98. The van der Waals surface area contributed by atoms with Gasteiger partial charge in [-0.15, -0.1) is 4.40 Å². The number of halogens is 4. The Balaban J connectivity index is 1.79. The SMILES string of the molecule is CNC(=O)[C@@H]1CCN(c2cc(F)cc3c2NC(C2CC2)=NS3(=O)=O)[C@H](C(F)(F)F)C1. The van der Waals surface area contributed by atoms with Crippen LogP contribution in [-0.2, 0) is 14.8 Å². The number of sulfonamides is 1. The molecule has 2 N–H and O–H groups in total. The number of anilines is 2. The molecule has 1 aromatic carbocycles. The topological polar surface area (TPSA) is 90.9 Å². The zero-order valence-electron chi connectivity index (χ0n) is 16.0. The van der Waals surface area contributed by atoms with Crippen LogP contribution in [0.2, 0.25) is 0 Å². The van der Waals surface area contributed by atoms with E-state index in [-0.39, 0.29) is 36.1 Å². The molecule has 4 rings (SSSR count). The molecule has 1 aliphatic carbocycles. The van der Waals surface area contributed by atoms with Crippen molar-refractivity contribution in [2.45, 2.75) is 42.8 Å². The van der Waals surface area contributed by atoms with Gasteiger partial charge in [0, 0.05) is 25.4 Å². The van der Waals surface area contributed by atoms with Crippen LogP contribution in [0.15, 0.2) is 21.4 Å². The van der Waals surface area contributed by atoms with Crippen LogP contribution in [0.1, 0.15) is 25.7 Å². The summed E-state index contributed by atoms with van der Waals surface area (Å²) in [6.07, 6.45) is -3.66. The summed E-state index contributed by atoms with van der Waals surface area (Å²) in [7, 11) is -2.89. The summed E-state index contributed by atoms with van der Waals surface area (Å²) >= 11 is 0. The Morgan fingerprint density at radius 2 is 1.97 bits per heavy atom. The third-order valence-electron chi connectivity index (χ3n) is 5.67. The summed E-state index contributed by atoms with van der Waals surface area (Å²) in [5.74, 6) is -2.26. The zero-order chi connectivity index (χ0) is 21.8. The highest BCUT2D eigenvalue weighted by Gasteiger charge is 2.49. The van der Waals surface area contributed by atoms with Crippen LogP contribution in [0.25, 0.3) is 0 Å². The van der Waals surface area contributed by atoms with Gasteiger partial charge in [0.2, 0.25) is 5.91 Å². The van der Waals surface area contributed by atoms with Gasteiger partial charge in [-0.2, -0.15) is 21.6 Å². The molecule has 0 unspecified atom stereocenters. The zero-order valence-corrected chi connectivity index (χ0v) is 16.8. The summed E-state index contributed by atoms with van der Waals surface area (Å²) in [5.41, 5.74) is -0.291. The highest BCUT2D eigenvalue weighted by atomic mass is 32.2. The number of alkyl halides is 3. The largest absolute Gasteiger partial charge is 0.408 e. The maximum atomic E-state index is 14.3. The van der Waals surface area contributed by atoms with Gasteiger partial charge in [0.1, 0.15) is 22.6 Å². The van der Waals surface area contributed by atoms with Crippen molar-refractivity contribution < 1.29 is 30.8 Å². The fourth-order valence-electron chi connectivity index (χ4n) is 3.99. The Kier molecular flexibility index (Phi) is 4.94. The van der Waals surface area contributed by atoms with Crippen LogP contribution in [0, 0.1) is 17.7 Å². The van der Waals surface area contributed by atoms with E-state index in [1.165, 1.54) is 7.05 Å². The highest BCUT2D eigenvalue weighted by Crippen LogP contribution is 2.45. The number of rotatable bonds is 3. The number of carbonyl (C=O) groups is 1. The Hall–Kier alpha value is -2.37. The van der Waals surface area contributed by atoms with Crippen molar-refractivity contribution in [3.05, 3.63) is 17.9 Å². The lowest BCUT2D eigenvalue weighted by Gasteiger charge is -2.42. The first-order valence-corrected chi connectivity index (χ1v) is 11.0. The van der Waals surface area contributed by atoms with Crippen molar-refractivity contribution in [3.8, 4) is 0 Å². The van der Waals surface area contributed by atoms with Crippen molar-refractivity contribution in [1.29, 1.82) is 0 Å². The minimum absolute atomic E-state index is 0.0963. The first-order valence-electron chi connectivity index (χ1n) is 9.51. The molecule has 0 radical (unpaired) electrons. The van der Waals surface area contributed by atoms with Crippen molar-refractivity contribution >= 4 is 33.1 Å². The number of fused-ring (bicyclic) bond motifs is 1. The molecule has 0 spiro atoms. The standard InChI is InChI=1S/C18H20F4N4O3S/c1-23-17(27)10-4-5-26(14(6-10)18(20,21)22)12-7-11(19)8-13-15(12)24-16(9-2-3-9)25-30(13,28)29/h7-10,14H,2-6H2,1H3,(H,23,27)(H,24,25)/t10-,14+/m1/s1. The minimum Gasteiger partial charge on any atom is -0.359 e. The predicted octanol–water partition coefficient (Wildman–Crippen LogP) is 2.64. The molecule has 1 saturated carbocycles. The molecule has 2 fully saturated rings. The molecule has 2 aliphatic heterocycles. The van der Waals surface area contributed by atoms with E-state index in [4.69, 9.17) is 0 Å². The van der Waals surface area contributed by atoms with E-state index in [0.29, 0.717) is 0 Å². The van der Waals surface area contributed by atoms with Crippen LogP contribution in [0.5, 0.6) is 0 Å². The van der Waals surface area contributed by atoms with E-state index in [2.05, 4.69) is 15.0 Å². The summed E-state index contributed by atoms with van der Waals surface area (Å²) in [4.78, 5) is 12.4. The lowest BCUT2D eigenvalue weighted by atomic mass is 9.89. The third kappa shape index (κ3) is 3.72. The quantitative estimate of drug-likeness (QED) is 0.694. The monoisotopic (exact) mass is 448 g/mol. The predicted molar refractivity (Wildman–Crippen MR) is 101 cm³/mol. The number of benzene rings is 1. The maximum Gasteiger partial charge on any atom is 0.408 e. The summed E-state index contributed by atoms with van der Waals surface area (Å²) in [6, 6.07) is -0.406. The number of nitrogens with one attached hydrogen (secondary N) is 2. The molecule has 1 saturated heterocycles. The second-order valence-electron chi connectivity index (χ2n) is 7.74. The fraction of sp³-hybridized carbons (Fsp3) is 0.556. The minimum atomic E-state index is -4.70. The maximum absolute atomic E-state index is 14.3. The number of hydrogen-bond donors (Lipinski definition) is 2. The van der Waals surface area contributed by atoms with Crippen LogP contribution >= 0.6 is 0 Å².